The van der Waals surface area contributed by atoms with Gasteiger partial charge >= 0.3 is 17.9 Å². The molecule has 124 valence electrons. The lowest BCUT2D eigenvalue weighted by atomic mass is 9.79. The summed E-state index contributed by atoms with van der Waals surface area (Å²) >= 11 is 0. The minimum Gasteiger partial charge on any atom is -0.481 e. The number of hydrogen-bond donors (Lipinski definition) is 1. The number of carboxylic acids is 1. The van der Waals surface area contributed by atoms with Crippen molar-refractivity contribution in [3.8, 4) is 0 Å². The van der Waals surface area contributed by atoms with Crippen LogP contribution >= 0.6 is 0 Å². The molecule has 1 saturated carbocycles. The standard InChI is InChI=1S/C16H24O6/c1-10(2)11(3)15(19)21-8-9-22-16(20)13-7-5-4-6-12(13)14(17)18/h10,12-13H,3-9H2,1-2H3,(H,17,18). The Kier molecular flexibility index (Phi) is 7.08. The highest BCUT2D eigenvalue weighted by atomic mass is 16.6. The molecule has 0 radical (unpaired) electrons. The molecule has 0 bridgehead atoms. The van der Waals surface area contributed by atoms with Crippen molar-refractivity contribution in [3.63, 3.8) is 0 Å². The quantitative estimate of drug-likeness (QED) is 0.440. The Morgan fingerprint density at radius 2 is 1.64 bits per heavy atom. The Labute approximate surface area is 130 Å². The smallest absolute Gasteiger partial charge is 0.333 e. The molecular weight excluding hydrogens is 288 g/mol. The van der Waals surface area contributed by atoms with Gasteiger partial charge in [-0.2, -0.15) is 0 Å². The van der Waals surface area contributed by atoms with Gasteiger partial charge < -0.3 is 14.6 Å². The molecule has 0 spiro atoms. The number of carboxylic acid groups (broad SMARTS) is 1. The van der Waals surface area contributed by atoms with Gasteiger partial charge in [0.1, 0.15) is 13.2 Å². The van der Waals surface area contributed by atoms with Crippen LogP contribution in [0.3, 0.4) is 0 Å². The molecule has 6 nitrogen and oxygen atoms in total. The van der Waals surface area contributed by atoms with E-state index in [-0.39, 0.29) is 19.1 Å². The number of hydrogen-bond acceptors (Lipinski definition) is 5. The van der Waals surface area contributed by atoms with Gasteiger partial charge in [0.2, 0.25) is 0 Å². The third-order valence-corrected chi connectivity index (χ3v) is 3.91. The van der Waals surface area contributed by atoms with Crippen molar-refractivity contribution in [1.29, 1.82) is 0 Å². The van der Waals surface area contributed by atoms with E-state index in [1.165, 1.54) is 0 Å². The molecular formula is C16H24O6. The summed E-state index contributed by atoms with van der Waals surface area (Å²) in [6.07, 6.45) is 2.67. The largest absolute Gasteiger partial charge is 0.481 e. The lowest BCUT2D eigenvalue weighted by molar-refractivity contribution is -0.161. The minimum atomic E-state index is -0.957. The van der Waals surface area contributed by atoms with Crippen LogP contribution in [0, 0.1) is 17.8 Å². The molecule has 0 heterocycles. The van der Waals surface area contributed by atoms with E-state index in [4.69, 9.17) is 14.6 Å². The van der Waals surface area contributed by atoms with E-state index in [1.54, 1.807) is 0 Å². The molecule has 2 atom stereocenters. The van der Waals surface area contributed by atoms with Crippen molar-refractivity contribution in [3.05, 3.63) is 12.2 Å². The lowest BCUT2D eigenvalue weighted by Crippen LogP contribution is -2.34. The van der Waals surface area contributed by atoms with Gasteiger partial charge in [-0.05, 0) is 18.8 Å². The zero-order valence-electron chi connectivity index (χ0n) is 13.2. The molecule has 0 aromatic rings. The van der Waals surface area contributed by atoms with Crippen LogP contribution in [0.5, 0.6) is 0 Å². The second-order valence-corrected chi connectivity index (χ2v) is 5.82. The normalized spacial score (nSPS) is 21.2. The van der Waals surface area contributed by atoms with E-state index in [0.717, 1.165) is 12.8 Å². The fraction of sp³-hybridized carbons (Fsp3) is 0.688. The number of ether oxygens (including phenoxy) is 2. The highest BCUT2D eigenvalue weighted by Crippen LogP contribution is 2.31. The Hall–Kier alpha value is -1.85. The molecule has 1 rings (SSSR count). The first-order valence-electron chi connectivity index (χ1n) is 7.60. The first kappa shape index (κ1) is 18.2. The van der Waals surface area contributed by atoms with Crippen LogP contribution < -0.4 is 0 Å². The van der Waals surface area contributed by atoms with E-state index >= 15 is 0 Å². The molecule has 22 heavy (non-hydrogen) atoms. The van der Waals surface area contributed by atoms with Gasteiger partial charge in [-0.25, -0.2) is 4.79 Å². The molecule has 1 N–H and O–H groups in total. The predicted molar refractivity (Wildman–Crippen MR) is 79.0 cm³/mol. The maximum absolute atomic E-state index is 12.0. The molecule has 1 aliphatic rings. The minimum absolute atomic E-state index is 0.00591. The zero-order chi connectivity index (χ0) is 16.7. The van der Waals surface area contributed by atoms with Crippen molar-refractivity contribution < 1.29 is 29.0 Å². The van der Waals surface area contributed by atoms with Crippen molar-refractivity contribution in [2.75, 3.05) is 13.2 Å². The second-order valence-electron chi connectivity index (χ2n) is 5.82. The second kappa shape index (κ2) is 8.56. The van der Waals surface area contributed by atoms with E-state index in [9.17, 15) is 14.4 Å². The van der Waals surface area contributed by atoms with Gasteiger partial charge in [-0.3, -0.25) is 9.59 Å². The van der Waals surface area contributed by atoms with Gasteiger partial charge in [0.15, 0.2) is 0 Å². The van der Waals surface area contributed by atoms with Crippen molar-refractivity contribution in [2.24, 2.45) is 17.8 Å². The number of rotatable bonds is 7. The Bertz CT molecular complexity index is 440. The summed E-state index contributed by atoms with van der Waals surface area (Å²) in [6, 6.07) is 0. The highest BCUT2D eigenvalue weighted by molar-refractivity contribution is 5.88. The van der Waals surface area contributed by atoms with Crippen LogP contribution in [-0.4, -0.2) is 36.2 Å². The predicted octanol–water partition coefficient (Wildman–Crippen LogP) is 2.18. The van der Waals surface area contributed by atoms with Crippen molar-refractivity contribution in [1.82, 2.24) is 0 Å². The molecule has 0 aromatic heterocycles. The van der Waals surface area contributed by atoms with Crippen LogP contribution in [0.2, 0.25) is 0 Å². The summed E-state index contributed by atoms with van der Waals surface area (Å²) in [5.74, 6) is -3.27. The maximum atomic E-state index is 12.0. The third kappa shape index (κ3) is 5.16. The molecule has 6 heteroatoms. The summed E-state index contributed by atoms with van der Waals surface area (Å²) in [5, 5.41) is 9.13. The van der Waals surface area contributed by atoms with E-state index in [0.29, 0.717) is 18.4 Å². The Morgan fingerprint density at radius 3 is 2.18 bits per heavy atom. The third-order valence-electron chi connectivity index (χ3n) is 3.91. The summed E-state index contributed by atoms with van der Waals surface area (Å²) in [5.41, 5.74) is 0.365. The van der Waals surface area contributed by atoms with Gasteiger partial charge in [0.05, 0.1) is 11.8 Å². The van der Waals surface area contributed by atoms with Gasteiger partial charge in [-0.1, -0.05) is 33.3 Å². The number of aliphatic carboxylic acids is 1. The lowest BCUT2D eigenvalue weighted by Gasteiger charge is -2.26. The van der Waals surface area contributed by atoms with Crippen molar-refractivity contribution >= 4 is 17.9 Å². The molecule has 2 unspecified atom stereocenters. The van der Waals surface area contributed by atoms with Crippen LogP contribution in [0.1, 0.15) is 39.5 Å². The highest BCUT2D eigenvalue weighted by Gasteiger charge is 2.36. The van der Waals surface area contributed by atoms with Crippen molar-refractivity contribution in [2.45, 2.75) is 39.5 Å². The fourth-order valence-electron chi connectivity index (χ4n) is 2.42. The van der Waals surface area contributed by atoms with Crippen LogP contribution in [-0.2, 0) is 23.9 Å². The summed E-state index contributed by atoms with van der Waals surface area (Å²) in [6.45, 7) is 7.16. The van der Waals surface area contributed by atoms with Gasteiger partial charge in [0.25, 0.3) is 0 Å². The molecule has 1 fully saturated rings. The summed E-state index contributed by atoms with van der Waals surface area (Å²) in [4.78, 5) is 34.6. The molecule has 0 saturated heterocycles. The first-order valence-corrected chi connectivity index (χ1v) is 7.60. The number of esters is 2. The monoisotopic (exact) mass is 312 g/mol. The van der Waals surface area contributed by atoms with Crippen LogP contribution in [0.15, 0.2) is 12.2 Å². The molecule has 0 aliphatic heterocycles. The van der Waals surface area contributed by atoms with Gasteiger partial charge in [-0.15, -0.1) is 0 Å². The molecule has 0 aromatic carbocycles. The van der Waals surface area contributed by atoms with Gasteiger partial charge in [0, 0.05) is 5.57 Å². The first-order chi connectivity index (χ1) is 10.3. The zero-order valence-corrected chi connectivity index (χ0v) is 13.2. The molecule has 0 amide bonds. The summed E-state index contributed by atoms with van der Waals surface area (Å²) < 4.78 is 9.99. The average molecular weight is 312 g/mol. The van der Waals surface area contributed by atoms with E-state index in [2.05, 4.69) is 6.58 Å². The SMILES string of the molecule is C=C(C(=O)OCCOC(=O)C1CCCCC1C(=O)O)C(C)C. The Balaban J connectivity index is 2.35. The fourth-order valence-corrected chi connectivity index (χ4v) is 2.42. The number of carbonyl (C=O) groups excluding carboxylic acids is 2. The number of carbonyl (C=O) groups is 3. The Morgan fingerprint density at radius 1 is 1.09 bits per heavy atom. The van der Waals surface area contributed by atoms with Crippen LogP contribution in [0.4, 0.5) is 0 Å². The maximum Gasteiger partial charge on any atom is 0.333 e. The topological polar surface area (TPSA) is 89.9 Å². The van der Waals surface area contributed by atoms with E-state index in [1.807, 2.05) is 13.8 Å². The summed E-state index contributed by atoms with van der Waals surface area (Å²) in [7, 11) is 0. The van der Waals surface area contributed by atoms with Crippen LogP contribution in [0.25, 0.3) is 0 Å². The van der Waals surface area contributed by atoms with E-state index < -0.39 is 29.7 Å². The molecule has 1 aliphatic carbocycles. The average Bonchev–Trinajstić information content (AvgIpc) is 2.50.